The highest BCUT2D eigenvalue weighted by Crippen LogP contribution is 2.36. The van der Waals surface area contributed by atoms with Crippen LogP contribution in [0.3, 0.4) is 0 Å². The lowest BCUT2D eigenvalue weighted by Gasteiger charge is -2.06. The van der Waals surface area contributed by atoms with E-state index in [2.05, 4.69) is 25.8 Å². The normalized spacial score (nSPS) is 13.2. The highest BCUT2D eigenvalue weighted by molar-refractivity contribution is 7.13. The first-order chi connectivity index (χ1) is 15.7. The lowest BCUT2D eigenvalue weighted by molar-refractivity contribution is -0.115. The van der Waals surface area contributed by atoms with Crippen molar-refractivity contribution in [1.29, 1.82) is 0 Å². The molecule has 4 aromatic rings. The molecule has 0 aliphatic heterocycles. The van der Waals surface area contributed by atoms with Gasteiger partial charge in [0.1, 0.15) is 10.8 Å². The third-order valence-corrected chi connectivity index (χ3v) is 6.06. The molecule has 0 bridgehead atoms. The maximum absolute atomic E-state index is 12.5. The van der Waals surface area contributed by atoms with Crippen molar-refractivity contribution in [1.82, 2.24) is 25.2 Å². The van der Waals surface area contributed by atoms with Crippen LogP contribution in [0.1, 0.15) is 31.5 Å². The number of hydrogen-bond donors (Lipinski definition) is 1. The number of carbonyl (C=O) groups is 1. The van der Waals surface area contributed by atoms with E-state index >= 15 is 0 Å². The van der Waals surface area contributed by atoms with Crippen LogP contribution in [-0.2, 0) is 11.2 Å². The Morgan fingerprint density at radius 2 is 1.88 bits per heavy atom. The van der Waals surface area contributed by atoms with Crippen molar-refractivity contribution in [3.8, 4) is 27.7 Å². The monoisotopic (exact) mass is 446 g/mol. The maximum Gasteiger partial charge on any atom is 0.230 e. The number of rotatable bonds is 8. The summed E-state index contributed by atoms with van der Waals surface area (Å²) in [6.45, 7) is 2.59. The summed E-state index contributed by atoms with van der Waals surface area (Å²) in [5.74, 6) is 1.49. The van der Waals surface area contributed by atoms with Gasteiger partial charge in [0.15, 0.2) is 5.82 Å². The van der Waals surface area contributed by atoms with E-state index in [0.29, 0.717) is 12.6 Å². The molecule has 1 N–H and O–H groups in total. The van der Waals surface area contributed by atoms with E-state index in [1.807, 2.05) is 65.5 Å². The van der Waals surface area contributed by atoms with Gasteiger partial charge in [-0.25, -0.2) is 9.67 Å². The van der Waals surface area contributed by atoms with Gasteiger partial charge in [0, 0.05) is 22.2 Å². The Morgan fingerprint density at radius 3 is 2.59 bits per heavy atom. The van der Waals surface area contributed by atoms with Crippen molar-refractivity contribution in [3.63, 3.8) is 0 Å². The summed E-state index contributed by atoms with van der Waals surface area (Å²) < 4.78 is 7.35. The quantitative estimate of drug-likeness (QED) is 0.432. The summed E-state index contributed by atoms with van der Waals surface area (Å²) in [5.41, 5.74) is 3.41. The van der Waals surface area contributed by atoms with Crippen molar-refractivity contribution in [2.75, 3.05) is 11.9 Å². The molecule has 2 heterocycles. The van der Waals surface area contributed by atoms with E-state index in [1.54, 1.807) is 0 Å². The molecule has 9 heteroatoms. The van der Waals surface area contributed by atoms with E-state index in [-0.39, 0.29) is 12.3 Å². The van der Waals surface area contributed by atoms with Gasteiger partial charge in [-0.1, -0.05) is 0 Å². The SMILES string of the molecule is CCOc1ccc(-c2nc(CC(=O)Nc3ccc(-c4nnnn4C4CC4)cc3)cs2)cc1. The molecule has 0 radical (unpaired) electrons. The zero-order valence-electron chi connectivity index (χ0n) is 17.6. The summed E-state index contributed by atoms with van der Waals surface area (Å²) in [7, 11) is 0. The van der Waals surface area contributed by atoms with Gasteiger partial charge >= 0.3 is 0 Å². The van der Waals surface area contributed by atoms with Crippen LogP contribution in [0.15, 0.2) is 53.9 Å². The van der Waals surface area contributed by atoms with Crippen LogP contribution in [0.25, 0.3) is 22.0 Å². The molecule has 1 amide bonds. The predicted octanol–water partition coefficient (Wildman–Crippen LogP) is 4.38. The van der Waals surface area contributed by atoms with Gasteiger partial charge < -0.3 is 10.1 Å². The van der Waals surface area contributed by atoms with Gasteiger partial charge in [-0.3, -0.25) is 4.79 Å². The number of carbonyl (C=O) groups excluding carboxylic acids is 1. The molecule has 1 aliphatic rings. The fourth-order valence-electron chi connectivity index (χ4n) is 3.40. The number of hydrogen-bond acceptors (Lipinski definition) is 7. The predicted molar refractivity (Wildman–Crippen MR) is 123 cm³/mol. The molecule has 5 rings (SSSR count). The fourth-order valence-corrected chi connectivity index (χ4v) is 4.23. The van der Waals surface area contributed by atoms with Crippen LogP contribution >= 0.6 is 11.3 Å². The molecule has 32 heavy (non-hydrogen) atoms. The summed E-state index contributed by atoms with van der Waals surface area (Å²) >= 11 is 1.53. The topological polar surface area (TPSA) is 94.8 Å². The number of aromatic nitrogens is 5. The molecule has 2 aromatic heterocycles. The molecule has 0 unspecified atom stereocenters. The van der Waals surface area contributed by atoms with Crippen molar-refractivity contribution in [2.24, 2.45) is 0 Å². The van der Waals surface area contributed by atoms with Crippen LogP contribution < -0.4 is 10.1 Å². The molecule has 0 saturated heterocycles. The lowest BCUT2D eigenvalue weighted by atomic mass is 10.2. The third-order valence-electron chi connectivity index (χ3n) is 5.12. The number of ether oxygens (including phenoxy) is 1. The van der Waals surface area contributed by atoms with Gasteiger partial charge in [-0.15, -0.1) is 16.4 Å². The van der Waals surface area contributed by atoms with Gasteiger partial charge in [0.25, 0.3) is 0 Å². The molecule has 1 fully saturated rings. The van der Waals surface area contributed by atoms with Gasteiger partial charge in [-0.2, -0.15) is 0 Å². The Bertz CT molecular complexity index is 1210. The Balaban J connectivity index is 1.20. The van der Waals surface area contributed by atoms with E-state index in [9.17, 15) is 4.79 Å². The van der Waals surface area contributed by atoms with Crippen molar-refractivity contribution >= 4 is 22.9 Å². The maximum atomic E-state index is 12.5. The minimum Gasteiger partial charge on any atom is -0.494 e. The molecule has 8 nitrogen and oxygen atoms in total. The number of tetrazole rings is 1. The second kappa shape index (κ2) is 8.88. The molecule has 2 aromatic carbocycles. The molecular formula is C23H22N6O2S. The zero-order valence-corrected chi connectivity index (χ0v) is 18.4. The highest BCUT2D eigenvalue weighted by atomic mass is 32.1. The highest BCUT2D eigenvalue weighted by Gasteiger charge is 2.28. The zero-order chi connectivity index (χ0) is 21.9. The fraction of sp³-hybridized carbons (Fsp3) is 0.261. The first-order valence-electron chi connectivity index (χ1n) is 10.6. The molecule has 0 atom stereocenters. The second-order valence-electron chi connectivity index (χ2n) is 7.58. The largest absolute Gasteiger partial charge is 0.494 e. The van der Waals surface area contributed by atoms with Crippen LogP contribution in [0.5, 0.6) is 5.75 Å². The van der Waals surface area contributed by atoms with Gasteiger partial charge in [-0.05, 0) is 78.7 Å². The Labute approximate surface area is 189 Å². The number of nitrogens with one attached hydrogen (secondary N) is 1. The summed E-state index contributed by atoms with van der Waals surface area (Å²) in [6.07, 6.45) is 2.45. The van der Waals surface area contributed by atoms with Gasteiger partial charge in [0.2, 0.25) is 5.91 Å². The van der Waals surface area contributed by atoms with Crippen LogP contribution in [-0.4, -0.2) is 37.7 Å². The third kappa shape index (κ3) is 4.52. The summed E-state index contributed by atoms with van der Waals surface area (Å²) in [5, 5.41) is 17.8. The molecule has 0 spiro atoms. The van der Waals surface area contributed by atoms with Crippen LogP contribution in [0.4, 0.5) is 5.69 Å². The number of thiazole rings is 1. The van der Waals surface area contributed by atoms with Crippen LogP contribution in [0.2, 0.25) is 0 Å². The summed E-state index contributed by atoms with van der Waals surface area (Å²) in [4.78, 5) is 17.1. The van der Waals surface area contributed by atoms with Crippen molar-refractivity contribution in [2.45, 2.75) is 32.2 Å². The Hall–Kier alpha value is -3.59. The molecule has 162 valence electrons. The standard InChI is InChI=1S/C23H22N6O2S/c1-2-31-20-11-5-16(6-12-20)23-25-18(14-32-23)13-21(30)24-17-7-3-15(4-8-17)22-26-27-28-29(22)19-9-10-19/h3-8,11-12,14,19H,2,9-10,13H2,1H3,(H,24,30). The second-order valence-corrected chi connectivity index (χ2v) is 8.44. The van der Waals surface area contributed by atoms with E-state index < -0.39 is 0 Å². The first-order valence-corrected chi connectivity index (χ1v) is 11.4. The minimum absolute atomic E-state index is 0.107. The molecule has 1 saturated carbocycles. The Kier molecular flexibility index (Phi) is 5.64. The Morgan fingerprint density at radius 1 is 1.12 bits per heavy atom. The average Bonchev–Trinajstić information content (AvgIpc) is 3.34. The number of anilines is 1. The number of benzene rings is 2. The molecular weight excluding hydrogens is 424 g/mol. The first kappa shape index (κ1) is 20.3. The van der Waals surface area contributed by atoms with E-state index in [0.717, 1.165) is 51.9 Å². The number of nitrogens with zero attached hydrogens (tertiary/aromatic N) is 5. The molecule has 1 aliphatic carbocycles. The van der Waals surface area contributed by atoms with E-state index in [4.69, 9.17) is 4.74 Å². The minimum atomic E-state index is -0.107. The lowest BCUT2D eigenvalue weighted by Crippen LogP contribution is -2.14. The van der Waals surface area contributed by atoms with Gasteiger partial charge in [0.05, 0.1) is 24.8 Å². The average molecular weight is 447 g/mol. The summed E-state index contributed by atoms with van der Waals surface area (Å²) in [6, 6.07) is 15.8. The van der Waals surface area contributed by atoms with Crippen LogP contribution in [0, 0.1) is 0 Å². The number of amides is 1. The van der Waals surface area contributed by atoms with E-state index in [1.165, 1.54) is 11.3 Å². The smallest absolute Gasteiger partial charge is 0.230 e. The van der Waals surface area contributed by atoms with Crippen molar-refractivity contribution < 1.29 is 9.53 Å². The van der Waals surface area contributed by atoms with Crippen molar-refractivity contribution in [3.05, 3.63) is 59.6 Å².